The summed E-state index contributed by atoms with van der Waals surface area (Å²) in [5, 5.41) is 0. The van der Waals surface area contributed by atoms with Crippen molar-refractivity contribution in [3.8, 4) is 0 Å². The molecular weight excluding hydrogens is 152 g/mol. The minimum Gasteiger partial charge on any atom is -0.343 e. The number of carbonyl (C=O) groups is 1. The van der Waals surface area contributed by atoms with Crippen molar-refractivity contribution in [2.75, 3.05) is 13.6 Å². The summed E-state index contributed by atoms with van der Waals surface area (Å²) in [6.45, 7) is 2.33. The predicted molar refractivity (Wildman–Crippen MR) is 48.6 cm³/mol. The Morgan fingerprint density at radius 2 is 2.25 bits per heavy atom. The van der Waals surface area contributed by atoms with E-state index in [1.54, 1.807) is 6.92 Å². The number of rotatable bonds is 2. The van der Waals surface area contributed by atoms with Crippen LogP contribution in [0.25, 0.3) is 0 Å². The summed E-state index contributed by atoms with van der Waals surface area (Å²) >= 11 is 0. The fraction of sp³-hybridized carbons (Fsp3) is 0.889. The van der Waals surface area contributed by atoms with Gasteiger partial charge in [-0.15, -0.1) is 0 Å². The summed E-state index contributed by atoms with van der Waals surface area (Å²) in [7, 11) is 1.88. The highest BCUT2D eigenvalue weighted by molar-refractivity contribution is 5.73. The Hall–Kier alpha value is -0.570. The highest BCUT2D eigenvalue weighted by Gasteiger charge is 2.30. The topological polar surface area (TPSA) is 46.3 Å². The molecule has 0 spiro atoms. The lowest BCUT2D eigenvalue weighted by molar-refractivity contribution is -0.130. The molecule has 0 saturated heterocycles. The van der Waals surface area contributed by atoms with E-state index in [2.05, 4.69) is 0 Å². The summed E-state index contributed by atoms with van der Waals surface area (Å²) in [5.41, 5.74) is 5.62. The number of nitrogens with two attached hydrogens (primary N) is 1. The third kappa shape index (κ3) is 1.78. The molecule has 2 N–H and O–H groups in total. The average Bonchev–Trinajstić information content (AvgIpc) is 2.49. The molecule has 1 saturated carbocycles. The molecule has 1 fully saturated rings. The lowest BCUT2D eigenvalue weighted by Gasteiger charge is -2.28. The third-order valence-corrected chi connectivity index (χ3v) is 2.92. The zero-order valence-electron chi connectivity index (χ0n) is 7.92. The van der Waals surface area contributed by atoms with Crippen LogP contribution in [0.4, 0.5) is 0 Å². The van der Waals surface area contributed by atoms with E-state index in [-0.39, 0.29) is 5.91 Å². The Balaban J connectivity index is 2.55. The molecule has 0 aromatic heterocycles. The molecule has 1 aliphatic carbocycles. The molecule has 12 heavy (non-hydrogen) atoms. The van der Waals surface area contributed by atoms with Gasteiger partial charge >= 0.3 is 0 Å². The molecule has 0 bridgehead atoms. The lowest BCUT2D eigenvalue weighted by atomic mass is 10.0. The van der Waals surface area contributed by atoms with E-state index in [4.69, 9.17) is 5.73 Å². The Kier molecular flexibility index (Phi) is 3.09. The SMILES string of the molecule is CC(=O)N(C)C1CCCC1CN. The quantitative estimate of drug-likeness (QED) is 0.659. The molecule has 2 atom stereocenters. The largest absolute Gasteiger partial charge is 0.343 e. The van der Waals surface area contributed by atoms with Crippen LogP contribution in [0, 0.1) is 5.92 Å². The highest BCUT2D eigenvalue weighted by Crippen LogP contribution is 2.28. The van der Waals surface area contributed by atoms with Crippen LogP contribution in [0.5, 0.6) is 0 Å². The summed E-state index contributed by atoms with van der Waals surface area (Å²) in [4.78, 5) is 12.9. The first-order valence-corrected chi connectivity index (χ1v) is 4.60. The van der Waals surface area contributed by atoms with Crippen LogP contribution in [0.3, 0.4) is 0 Å². The van der Waals surface area contributed by atoms with E-state index < -0.39 is 0 Å². The molecule has 1 amide bonds. The van der Waals surface area contributed by atoms with E-state index in [1.165, 1.54) is 12.8 Å². The Morgan fingerprint density at radius 3 is 2.75 bits per heavy atom. The van der Waals surface area contributed by atoms with Crippen molar-refractivity contribution in [1.29, 1.82) is 0 Å². The van der Waals surface area contributed by atoms with Crippen LogP contribution in [-0.4, -0.2) is 30.4 Å². The number of nitrogens with zero attached hydrogens (tertiary/aromatic N) is 1. The predicted octanol–water partition coefficient (Wildman–Crippen LogP) is 0.592. The maximum absolute atomic E-state index is 11.1. The Labute approximate surface area is 73.9 Å². The molecule has 0 aliphatic heterocycles. The fourth-order valence-electron chi connectivity index (χ4n) is 2.04. The average molecular weight is 170 g/mol. The molecule has 1 rings (SSSR count). The second-order valence-corrected chi connectivity index (χ2v) is 3.62. The van der Waals surface area contributed by atoms with Crippen LogP contribution in [0.2, 0.25) is 0 Å². The van der Waals surface area contributed by atoms with Gasteiger partial charge in [0.25, 0.3) is 0 Å². The van der Waals surface area contributed by atoms with Gasteiger partial charge in [0.1, 0.15) is 0 Å². The van der Waals surface area contributed by atoms with Crippen molar-refractivity contribution in [2.24, 2.45) is 11.7 Å². The first-order valence-electron chi connectivity index (χ1n) is 4.60. The van der Waals surface area contributed by atoms with Crippen LogP contribution < -0.4 is 5.73 Å². The number of hydrogen-bond donors (Lipinski definition) is 1. The zero-order chi connectivity index (χ0) is 9.14. The highest BCUT2D eigenvalue weighted by atomic mass is 16.2. The second-order valence-electron chi connectivity index (χ2n) is 3.62. The molecular formula is C9H18N2O. The number of amides is 1. The van der Waals surface area contributed by atoms with Crippen molar-refractivity contribution in [1.82, 2.24) is 4.90 Å². The molecule has 3 nitrogen and oxygen atoms in total. The number of carbonyl (C=O) groups excluding carboxylic acids is 1. The van der Waals surface area contributed by atoms with Crippen LogP contribution in [-0.2, 0) is 4.79 Å². The van der Waals surface area contributed by atoms with Crippen LogP contribution in [0.15, 0.2) is 0 Å². The molecule has 0 aromatic carbocycles. The summed E-state index contributed by atoms with van der Waals surface area (Å²) in [5.74, 6) is 0.680. The van der Waals surface area contributed by atoms with E-state index in [0.29, 0.717) is 18.5 Å². The van der Waals surface area contributed by atoms with Gasteiger partial charge in [-0.25, -0.2) is 0 Å². The Morgan fingerprint density at radius 1 is 1.58 bits per heavy atom. The second kappa shape index (κ2) is 3.90. The molecule has 3 heteroatoms. The van der Waals surface area contributed by atoms with Crippen LogP contribution in [0.1, 0.15) is 26.2 Å². The van der Waals surface area contributed by atoms with Gasteiger partial charge in [-0.1, -0.05) is 6.42 Å². The van der Waals surface area contributed by atoms with Gasteiger partial charge in [-0.3, -0.25) is 4.79 Å². The molecule has 0 aromatic rings. The van der Waals surface area contributed by atoms with Crippen molar-refractivity contribution in [2.45, 2.75) is 32.2 Å². The summed E-state index contributed by atoms with van der Waals surface area (Å²) < 4.78 is 0. The van der Waals surface area contributed by atoms with Gasteiger partial charge < -0.3 is 10.6 Å². The van der Waals surface area contributed by atoms with Gasteiger partial charge in [-0.2, -0.15) is 0 Å². The van der Waals surface area contributed by atoms with E-state index in [1.807, 2.05) is 11.9 Å². The van der Waals surface area contributed by atoms with Crippen molar-refractivity contribution in [3.63, 3.8) is 0 Å². The van der Waals surface area contributed by atoms with Gasteiger partial charge in [0.15, 0.2) is 0 Å². The monoisotopic (exact) mass is 170 g/mol. The van der Waals surface area contributed by atoms with Gasteiger partial charge in [-0.05, 0) is 25.3 Å². The lowest BCUT2D eigenvalue weighted by Crippen LogP contribution is -2.40. The van der Waals surface area contributed by atoms with Crippen molar-refractivity contribution < 1.29 is 4.79 Å². The number of hydrogen-bond acceptors (Lipinski definition) is 2. The molecule has 0 heterocycles. The third-order valence-electron chi connectivity index (χ3n) is 2.92. The standard InChI is InChI=1S/C9H18N2O/c1-7(12)11(2)9-5-3-4-8(9)6-10/h8-9H,3-6,10H2,1-2H3. The fourth-order valence-corrected chi connectivity index (χ4v) is 2.04. The maximum Gasteiger partial charge on any atom is 0.219 e. The van der Waals surface area contributed by atoms with Gasteiger partial charge in [0, 0.05) is 20.0 Å². The van der Waals surface area contributed by atoms with Crippen molar-refractivity contribution >= 4 is 5.91 Å². The zero-order valence-corrected chi connectivity index (χ0v) is 7.92. The molecule has 1 aliphatic rings. The molecule has 2 unspecified atom stereocenters. The minimum atomic E-state index is 0.153. The van der Waals surface area contributed by atoms with Crippen LogP contribution >= 0.6 is 0 Å². The normalized spacial score (nSPS) is 28.9. The van der Waals surface area contributed by atoms with E-state index in [0.717, 1.165) is 6.42 Å². The first-order chi connectivity index (χ1) is 5.66. The molecule has 0 radical (unpaired) electrons. The van der Waals surface area contributed by atoms with E-state index >= 15 is 0 Å². The summed E-state index contributed by atoms with van der Waals surface area (Å²) in [6.07, 6.45) is 3.51. The Bertz CT molecular complexity index is 170. The van der Waals surface area contributed by atoms with Crippen molar-refractivity contribution in [3.05, 3.63) is 0 Å². The molecule has 70 valence electrons. The van der Waals surface area contributed by atoms with E-state index in [9.17, 15) is 4.79 Å². The van der Waals surface area contributed by atoms with Gasteiger partial charge in [0.05, 0.1) is 0 Å². The van der Waals surface area contributed by atoms with Gasteiger partial charge in [0.2, 0.25) is 5.91 Å². The minimum absolute atomic E-state index is 0.153. The first kappa shape index (κ1) is 9.52. The maximum atomic E-state index is 11.1. The summed E-state index contributed by atoms with van der Waals surface area (Å²) in [6, 6.07) is 0.396. The smallest absolute Gasteiger partial charge is 0.219 e.